The highest BCUT2D eigenvalue weighted by atomic mass is 79.9. The fourth-order valence-corrected chi connectivity index (χ4v) is 5.39. The second-order valence-corrected chi connectivity index (χ2v) is 10.7. The topological polar surface area (TPSA) is 39.1 Å². The molecule has 0 amide bonds. The van der Waals surface area contributed by atoms with Crippen LogP contribution in [0.4, 0.5) is 11.6 Å². The van der Waals surface area contributed by atoms with Gasteiger partial charge in [0.25, 0.3) is 0 Å². The van der Waals surface area contributed by atoms with Gasteiger partial charge in [0.05, 0.1) is 17.1 Å². The van der Waals surface area contributed by atoms with Crippen molar-refractivity contribution in [3.05, 3.63) is 46.9 Å². The van der Waals surface area contributed by atoms with Crippen LogP contribution in [0.2, 0.25) is 0 Å². The van der Waals surface area contributed by atoms with Crippen LogP contribution in [0, 0.1) is 11.3 Å². The number of benzene rings is 2. The molecule has 2 aromatic carbocycles. The van der Waals surface area contributed by atoms with E-state index >= 15 is 0 Å². The van der Waals surface area contributed by atoms with E-state index in [1.54, 1.807) is 0 Å². The van der Waals surface area contributed by atoms with Gasteiger partial charge in [-0.2, -0.15) is 0 Å². The summed E-state index contributed by atoms with van der Waals surface area (Å²) in [6, 6.07) is 15.0. The van der Waals surface area contributed by atoms with Gasteiger partial charge < -0.3 is 14.6 Å². The first kappa shape index (κ1) is 21.2. The maximum atomic E-state index is 5.78. The average Bonchev–Trinajstić information content (AvgIpc) is 2.98. The minimum Gasteiger partial charge on any atom is -0.491 e. The Morgan fingerprint density at radius 1 is 1.13 bits per heavy atom. The number of anilines is 2. The molecule has 1 fully saturated rings. The van der Waals surface area contributed by atoms with Crippen molar-refractivity contribution in [2.75, 3.05) is 5.32 Å². The standard InChI is InChI=1S/C25H32BrN3O/c1-16(2)30-21-9-7-19(8-10-21)27-24-28-22-13-18(26)6-11-23(22)29(24)20-12-17(3)14-25(4,5)15-20/h6-11,13,16-17,20H,12,14-15H2,1-5H3,(H,27,28)/t17-,20+/m1/s1. The molecule has 1 aromatic heterocycles. The van der Waals surface area contributed by atoms with E-state index in [9.17, 15) is 0 Å². The van der Waals surface area contributed by atoms with E-state index in [2.05, 4.69) is 76.9 Å². The number of imidazole rings is 1. The lowest BCUT2D eigenvalue weighted by Gasteiger charge is -2.40. The van der Waals surface area contributed by atoms with Crippen LogP contribution in [0.5, 0.6) is 5.75 Å². The van der Waals surface area contributed by atoms with Gasteiger partial charge in [-0.1, -0.05) is 36.7 Å². The lowest BCUT2D eigenvalue weighted by molar-refractivity contribution is 0.140. The molecule has 160 valence electrons. The molecule has 4 rings (SSSR count). The zero-order valence-electron chi connectivity index (χ0n) is 18.6. The van der Waals surface area contributed by atoms with Gasteiger partial charge in [0.15, 0.2) is 0 Å². The molecule has 3 aromatic rings. The summed E-state index contributed by atoms with van der Waals surface area (Å²) in [5.74, 6) is 2.50. The largest absolute Gasteiger partial charge is 0.491 e. The minimum atomic E-state index is 0.170. The Morgan fingerprint density at radius 2 is 1.87 bits per heavy atom. The van der Waals surface area contributed by atoms with E-state index in [4.69, 9.17) is 9.72 Å². The number of aromatic nitrogens is 2. The molecule has 1 heterocycles. The van der Waals surface area contributed by atoms with E-state index < -0.39 is 0 Å². The Kier molecular flexibility index (Phi) is 5.84. The molecule has 0 bridgehead atoms. The molecule has 1 N–H and O–H groups in total. The lowest BCUT2D eigenvalue weighted by atomic mass is 9.70. The number of ether oxygens (including phenoxy) is 1. The highest BCUT2D eigenvalue weighted by Crippen LogP contribution is 2.46. The first-order valence-corrected chi connectivity index (χ1v) is 11.7. The van der Waals surface area contributed by atoms with Crippen LogP contribution >= 0.6 is 15.9 Å². The van der Waals surface area contributed by atoms with Gasteiger partial charge in [-0.3, -0.25) is 0 Å². The van der Waals surface area contributed by atoms with Crippen LogP contribution in [0.3, 0.4) is 0 Å². The number of hydrogen-bond acceptors (Lipinski definition) is 3. The minimum absolute atomic E-state index is 0.170. The molecule has 2 atom stereocenters. The van der Waals surface area contributed by atoms with Crippen LogP contribution in [0.25, 0.3) is 11.0 Å². The molecular weight excluding hydrogens is 438 g/mol. The van der Waals surface area contributed by atoms with Crippen LogP contribution in [-0.4, -0.2) is 15.7 Å². The van der Waals surface area contributed by atoms with Gasteiger partial charge in [-0.05, 0) is 86.9 Å². The zero-order chi connectivity index (χ0) is 21.5. The molecular formula is C25H32BrN3O. The van der Waals surface area contributed by atoms with Gasteiger partial charge in [0.2, 0.25) is 5.95 Å². The van der Waals surface area contributed by atoms with Gasteiger partial charge in [0, 0.05) is 16.2 Å². The van der Waals surface area contributed by atoms with Crippen LogP contribution in [-0.2, 0) is 0 Å². The summed E-state index contributed by atoms with van der Waals surface area (Å²) in [5.41, 5.74) is 3.56. The maximum Gasteiger partial charge on any atom is 0.208 e. The van der Waals surface area contributed by atoms with Crippen LogP contribution < -0.4 is 10.1 Å². The first-order chi connectivity index (χ1) is 14.2. The van der Waals surface area contributed by atoms with E-state index in [-0.39, 0.29) is 6.10 Å². The Hall–Kier alpha value is -2.01. The molecule has 4 nitrogen and oxygen atoms in total. The Morgan fingerprint density at radius 3 is 2.53 bits per heavy atom. The molecule has 1 aliphatic rings. The Balaban J connectivity index is 1.71. The highest BCUT2D eigenvalue weighted by Gasteiger charge is 2.34. The maximum absolute atomic E-state index is 5.78. The number of nitrogens with one attached hydrogen (secondary N) is 1. The lowest BCUT2D eigenvalue weighted by Crippen LogP contribution is -2.29. The molecule has 1 saturated carbocycles. The normalized spacial score (nSPS) is 21.2. The third kappa shape index (κ3) is 4.66. The SMILES string of the molecule is CC(C)Oc1ccc(Nc2nc3cc(Br)ccc3n2[C@H]2C[C@@H](C)CC(C)(C)C2)cc1. The first-order valence-electron chi connectivity index (χ1n) is 10.9. The Labute approximate surface area is 188 Å². The summed E-state index contributed by atoms with van der Waals surface area (Å²) in [4.78, 5) is 4.98. The molecule has 5 heteroatoms. The van der Waals surface area contributed by atoms with Crippen LogP contribution in [0.15, 0.2) is 46.9 Å². The second-order valence-electron chi connectivity index (χ2n) is 9.82. The third-order valence-electron chi connectivity index (χ3n) is 5.86. The van der Waals surface area contributed by atoms with Crippen molar-refractivity contribution < 1.29 is 4.74 Å². The fraction of sp³-hybridized carbons (Fsp3) is 0.480. The summed E-state index contributed by atoms with van der Waals surface area (Å²) in [5, 5.41) is 3.58. The predicted octanol–water partition coefficient (Wildman–Crippen LogP) is 7.72. The smallest absolute Gasteiger partial charge is 0.208 e. The molecule has 0 aliphatic heterocycles. The number of rotatable bonds is 5. The zero-order valence-corrected chi connectivity index (χ0v) is 20.2. The quantitative estimate of drug-likeness (QED) is 0.415. The van der Waals surface area contributed by atoms with Crippen molar-refractivity contribution in [1.82, 2.24) is 9.55 Å². The number of fused-ring (bicyclic) bond motifs is 1. The van der Waals surface area contributed by atoms with Crippen molar-refractivity contribution in [3.8, 4) is 5.75 Å². The fourth-order valence-electron chi connectivity index (χ4n) is 5.04. The van der Waals surface area contributed by atoms with Gasteiger partial charge in [-0.15, -0.1) is 0 Å². The predicted molar refractivity (Wildman–Crippen MR) is 129 cm³/mol. The van der Waals surface area contributed by atoms with Crippen molar-refractivity contribution in [2.24, 2.45) is 11.3 Å². The Bertz CT molecular complexity index is 1020. The van der Waals surface area contributed by atoms with Crippen molar-refractivity contribution in [1.29, 1.82) is 0 Å². The molecule has 30 heavy (non-hydrogen) atoms. The molecule has 0 radical (unpaired) electrons. The second kappa shape index (κ2) is 8.26. The summed E-state index contributed by atoms with van der Waals surface area (Å²) >= 11 is 3.60. The van der Waals surface area contributed by atoms with E-state index in [0.29, 0.717) is 17.4 Å². The van der Waals surface area contributed by atoms with Crippen LogP contribution in [0.1, 0.15) is 59.9 Å². The van der Waals surface area contributed by atoms with Gasteiger partial charge >= 0.3 is 0 Å². The molecule has 0 saturated heterocycles. The van der Waals surface area contributed by atoms with Crippen molar-refractivity contribution >= 4 is 38.6 Å². The summed E-state index contributed by atoms with van der Waals surface area (Å²) in [7, 11) is 0. The summed E-state index contributed by atoms with van der Waals surface area (Å²) in [6.07, 6.45) is 3.79. The summed E-state index contributed by atoms with van der Waals surface area (Å²) in [6.45, 7) is 11.3. The number of nitrogens with zero attached hydrogens (tertiary/aromatic N) is 2. The van der Waals surface area contributed by atoms with Gasteiger partial charge in [-0.25, -0.2) is 4.98 Å². The van der Waals surface area contributed by atoms with Crippen molar-refractivity contribution in [2.45, 2.75) is 66.0 Å². The molecule has 0 unspecified atom stereocenters. The molecule has 1 aliphatic carbocycles. The number of halogens is 1. The number of hydrogen-bond donors (Lipinski definition) is 1. The van der Waals surface area contributed by atoms with Gasteiger partial charge in [0.1, 0.15) is 5.75 Å². The molecule has 0 spiro atoms. The third-order valence-corrected chi connectivity index (χ3v) is 6.36. The monoisotopic (exact) mass is 469 g/mol. The summed E-state index contributed by atoms with van der Waals surface area (Å²) < 4.78 is 9.26. The van der Waals surface area contributed by atoms with E-state index in [1.165, 1.54) is 18.4 Å². The highest BCUT2D eigenvalue weighted by molar-refractivity contribution is 9.10. The average molecular weight is 470 g/mol. The van der Waals surface area contributed by atoms with Crippen molar-refractivity contribution in [3.63, 3.8) is 0 Å². The van der Waals surface area contributed by atoms with E-state index in [1.807, 2.05) is 26.0 Å². The van der Waals surface area contributed by atoms with E-state index in [0.717, 1.165) is 33.8 Å².